The van der Waals surface area contributed by atoms with E-state index in [0.29, 0.717) is 29.5 Å². The van der Waals surface area contributed by atoms with Crippen molar-refractivity contribution in [2.45, 2.75) is 40.5 Å². The van der Waals surface area contributed by atoms with Crippen molar-refractivity contribution >= 4 is 45.6 Å². The second-order valence-electron chi connectivity index (χ2n) is 11.9. The number of nitrogens with zero attached hydrogens (tertiary/aromatic N) is 4. The van der Waals surface area contributed by atoms with Crippen LogP contribution in [-0.4, -0.2) is 85.0 Å². The number of carbonyl (C=O) groups excluding carboxylic acids is 3. The Labute approximate surface area is 294 Å². The highest BCUT2D eigenvalue weighted by Crippen LogP contribution is 2.39. The molecule has 0 aromatic heterocycles. The molecule has 0 aliphatic carbocycles. The molecule has 3 amide bonds. The van der Waals surface area contributed by atoms with Crippen molar-refractivity contribution in [3.05, 3.63) is 95.6 Å². The molecule has 4 aromatic carbocycles. The number of phenols is 1. The number of azo groups is 1. The number of fused-ring (bicyclic) bond motifs is 1. The molecular formula is C39H49N7O4. The van der Waals surface area contributed by atoms with Gasteiger partial charge in [-0.1, -0.05) is 70.2 Å². The largest absolute Gasteiger partial charge is 0.505 e. The molecule has 50 heavy (non-hydrogen) atoms. The fourth-order valence-electron chi connectivity index (χ4n) is 5.64. The van der Waals surface area contributed by atoms with E-state index in [2.05, 4.69) is 63.7 Å². The number of hydrogen-bond donors (Lipinski definition) is 4. The van der Waals surface area contributed by atoms with Crippen LogP contribution in [0.3, 0.4) is 0 Å². The highest BCUT2D eigenvalue weighted by molar-refractivity contribution is 6.11. The number of carbonyl (C=O) groups is 3. The van der Waals surface area contributed by atoms with Crippen LogP contribution in [-0.2, 0) is 0 Å². The van der Waals surface area contributed by atoms with Gasteiger partial charge in [-0.05, 0) is 93.9 Å². The Hall–Kier alpha value is -5.13. The molecule has 11 nitrogen and oxygen atoms in total. The number of phenolic OH excluding ortho intramolecular Hbond substituents is 1. The molecule has 0 bridgehead atoms. The predicted octanol–water partition coefficient (Wildman–Crippen LogP) is 7.14. The van der Waals surface area contributed by atoms with Gasteiger partial charge in [0, 0.05) is 35.3 Å². The summed E-state index contributed by atoms with van der Waals surface area (Å²) in [6.07, 6.45) is 1.57. The number of benzene rings is 4. The molecule has 264 valence electrons. The van der Waals surface area contributed by atoms with Gasteiger partial charge < -0.3 is 30.9 Å². The van der Waals surface area contributed by atoms with Gasteiger partial charge in [-0.3, -0.25) is 14.4 Å². The van der Waals surface area contributed by atoms with Crippen LogP contribution >= 0.6 is 0 Å². The summed E-state index contributed by atoms with van der Waals surface area (Å²) < 4.78 is 0. The fourth-order valence-corrected chi connectivity index (χ4v) is 5.64. The maximum atomic E-state index is 13.3. The molecule has 0 unspecified atom stereocenters. The van der Waals surface area contributed by atoms with E-state index in [-0.39, 0.29) is 45.6 Å². The van der Waals surface area contributed by atoms with Crippen LogP contribution in [0.4, 0.5) is 17.1 Å². The molecule has 11 heteroatoms. The van der Waals surface area contributed by atoms with E-state index in [1.807, 2.05) is 18.2 Å². The summed E-state index contributed by atoms with van der Waals surface area (Å²) in [5.41, 5.74) is 1.48. The summed E-state index contributed by atoms with van der Waals surface area (Å²) in [6, 6.07) is 22.5. The van der Waals surface area contributed by atoms with Gasteiger partial charge in [-0.15, -0.1) is 5.11 Å². The maximum Gasteiger partial charge on any atom is 0.259 e. The van der Waals surface area contributed by atoms with E-state index in [0.717, 1.165) is 52.1 Å². The Morgan fingerprint density at radius 3 is 1.76 bits per heavy atom. The van der Waals surface area contributed by atoms with Gasteiger partial charge in [0.2, 0.25) is 0 Å². The molecule has 0 atom stereocenters. The fraction of sp³-hybridized carbons (Fsp3) is 0.359. The minimum atomic E-state index is -0.504. The normalized spacial score (nSPS) is 11.4. The first-order valence-corrected chi connectivity index (χ1v) is 17.5. The van der Waals surface area contributed by atoms with Crippen LogP contribution in [0.25, 0.3) is 10.8 Å². The number of hydrogen-bond acceptors (Lipinski definition) is 8. The smallest absolute Gasteiger partial charge is 0.259 e. The molecule has 0 spiro atoms. The number of amides is 3. The molecule has 0 radical (unpaired) electrons. The average molecular weight is 680 g/mol. The highest BCUT2D eigenvalue weighted by atomic mass is 16.3. The number of anilines is 1. The lowest BCUT2D eigenvalue weighted by Gasteiger charge is -2.18. The SMILES string of the molecule is CCN(CC)CCCNC(=O)c1cc(N=Nc2c(O)c(C(=O)Nc3ccccc3)cc3ccccc23)cc(C(=O)NCCCN(CC)CC)c1. The first-order chi connectivity index (χ1) is 24.3. The van der Waals surface area contributed by atoms with Gasteiger partial charge in [0.05, 0.1) is 11.3 Å². The predicted molar refractivity (Wildman–Crippen MR) is 200 cm³/mol. The summed E-state index contributed by atoms with van der Waals surface area (Å²) in [7, 11) is 0. The van der Waals surface area contributed by atoms with Crippen molar-refractivity contribution in [1.82, 2.24) is 20.4 Å². The van der Waals surface area contributed by atoms with Gasteiger partial charge in [0.25, 0.3) is 17.7 Å². The van der Waals surface area contributed by atoms with Gasteiger partial charge in [-0.25, -0.2) is 0 Å². The van der Waals surface area contributed by atoms with Crippen molar-refractivity contribution in [2.24, 2.45) is 10.2 Å². The van der Waals surface area contributed by atoms with Gasteiger partial charge in [-0.2, -0.15) is 5.11 Å². The highest BCUT2D eigenvalue weighted by Gasteiger charge is 2.19. The molecule has 0 fully saturated rings. The molecule has 0 saturated carbocycles. The summed E-state index contributed by atoms with van der Waals surface area (Å²) >= 11 is 0. The summed E-state index contributed by atoms with van der Waals surface area (Å²) in [5.74, 6) is -1.50. The van der Waals surface area contributed by atoms with Crippen molar-refractivity contribution in [3.63, 3.8) is 0 Å². The number of nitrogens with one attached hydrogen (secondary N) is 3. The van der Waals surface area contributed by atoms with Crippen LogP contribution in [0.2, 0.25) is 0 Å². The Morgan fingerprint density at radius 1 is 0.660 bits per heavy atom. The second kappa shape index (κ2) is 19.2. The van der Waals surface area contributed by atoms with Gasteiger partial charge >= 0.3 is 0 Å². The summed E-state index contributed by atoms with van der Waals surface area (Å²) in [5, 5.41) is 30.1. The van der Waals surface area contributed by atoms with Crippen LogP contribution in [0.15, 0.2) is 89.1 Å². The minimum Gasteiger partial charge on any atom is -0.505 e. The number of para-hydroxylation sites is 1. The van der Waals surface area contributed by atoms with Crippen molar-refractivity contribution in [2.75, 3.05) is 57.7 Å². The number of aromatic hydroxyl groups is 1. The Balaban J connectivity index is 1.63. The monoisotopic (exact) mass is 679 g/mol. The third kappa shape index (κ3) is 10.4. The van der Waals surface area contributed by atoms with Crippen LogP contribution in [0.1, 0.15) is 71.6 Å². The third-order valence-electron chi connectivity index (χ3n) is 8.64. The quantitative estimate of drug-likeness (QED) is 0.0652. The molecule has 4 rings (SSSR count). The summed E-state index contributed by atoms with van der Waals surface area (Å²) in [4.78, 5) is 44.5. The van der Waals surface area contributed by atoms with Crippen molar-refractivity contribution in [3.8, 4) is 5.75 Å². The Bertz CT molecular complexity index is 1720. The lowest BCUT2D eigenvalue weighted by Crippen LogP contribution is -2.31. The van der Waals surface area contributed by atoms with E-state index >= 15 is 0 Å². The molecular weight excluding hydrogens is 630 g/mol. The standard InChI is InChI=1S/C39H49N7O4/c1-5-45(6-2)22-14-20-40-37(48)29-24-30(38(49)41-21-15-23-46(7-3)8-4)26-32(25-29)43-44-35-33-19-13-12-16-28(33)27-34(36(35)47)39(50)42-31-17-10-9-11-18-31/h9-13,16-19,24-27,47H,5-8,14-15,20-23H2,1-4H3,(H,40,48)(H,41,49)(H,42,50). The summed E-state index contributed by atoms with van der Waals surface area (Å²) in [6.45, 7) is 14.9. The van der Waals surface area contributed by atoms with E-state index in [1.165, 1.54) is 0 Å². The first kappa shape index (κ1) is 37.7. The molecule has 0 aliphatic heterocycles. The Kier molecular flexibility index (Phi) is 14.4. The Morgan fingerprint density at radius 2 is 1.20 bits per heavy atom. The average Bonchev–Trinajstić information content (AvgIpc) is 3.14. The molecule has 0 aliphatic rings. The second-order valence-corrected chi connectivity index (χ2v) is 11.9. The van der Waals surface area contributed by atoms with Crippen LogP contribution < -0.4 is 16.0 Å². The molecule has 4 aromatic rings. The molecule has 0 saturated heterocycles. The lowest BCUT2D eigenvalue weighted by atomic mass is 10.0. The van der Waals surface area contributed by atoms with Crippen LogP contribution in [0, 0.1) is 0 Å². The molecule has 0 heterocycles. The van der Waals surface area contributed by atoms with E-state index in [1.54, 1.807) is 60.7 Å². The number of rotatable bonds is 18. The zero-order valence-electron chi connectivity index (χ0n) is 29.5. The topological polar surface area (TPSA) is 139 Å². The van der Waals surface area contributed by atoms with E-state index in [4.69, 9.17) is 0 Å². The first-order valence-electron chi connectivity index (χ1n) is 17.5. The van der Waals surface area contributed by atoms with E-state index in [9.17, 15) is 19.5 Å². The molecule has 4 N–H and O–H groups in total. The minimum absolute atomic E-state index is 0.0316. The third-order valence-corrected chi connectivity index (χ3v) is 8.64. The van der Waals surface area contributed by atoms with Gasteiger partial charge in [0.1, 0.15) is 5.69 Å². The zero-order chi connectivity index (χ0) is 35.9. The maximum absolute atomic E-state index is 13.3. The van der Waals surface area contributed by atoms with E-state index < -0.39 is 5.91 Å². The van der Waals surface area contributed by atoms with Gasteiger partial charge in [0.15, 0.2) is 5.75 Å². The lowest BCUT2D eigenvalue weighted by molar-refractivity contribution is 0.0950. The van der Waals surface area contributed by atoms with Crippen molar-refractivity contribution in [1.29, 1.82) is 0 Å². The van der Waals surface area contributed by atoms with Crippen molar-refractivity contribution < 1.29 is 19.5 Å². The van der Waals surface area contributed by atoms with Crippen LogP contribution in [0.5, 0.6) is 5.75 Å². The zero-order valence-corrected chi connectivity index (χ0v) is 29.5.